The highest BCUT2D eigenvalue weighted by Gasteiger charge is 2.30. The van der Waals surface area contributed by atoms with E-state index in [4.69, 9.17) is 5.73 Å². The Morgan fingerprint density at radius 1 is 1.05 bits per heavy atom. The molecule has 7 heteroatoms. The number of nitrogens with zero attached hydrogens (tertiary/aromatic N) is 2. The summed E-state index contributed by atoms with van der Waals surface area (Å²) in [5.74, 6) is 0.372. The van der Waals surface area contributed by atoms with Gasteiger partial charge in [0.2, 0.25) is 0 Å². The third-order valence-corrected chi connectivity index (χ3v) is 2.60. The van der Waals surface area contributed by atoms with Gasteiger partial charge in [0.05, 0.1) is 23.6 Å². The molecular formula is C13H13F3N4. The SMILES string of the molecule is NCCNc1cnc(-c2ccc(C(F)(F)F)cc2)nc1. The fourth-order valence-corrected chi connectivity index (χ4v) is 1.59. The Bertz CT molecular complexity index is 549. The van der Waals surface area contributed by atoms with Gasteiger partial charge in [-0.15, -0.1) is 0 Å². The number of nitrogens with one attached hydrogen (secondary N) is 1. The van der Waals surface area contributed by atoms with Crippen molar-refractivity contribution in [2.75, 3.05) is 18.4 Å². The van der Waals surface area contributed by atoms with E-state index in [0.29, 0.717) is 30.2 Å². The number of anilines is 1. The van der Waals surface area contributed by atoms with Crippen LogP contribution in [-0.4, -0.2) is 23.1 Å². The molecule has 106 valence electrons. The molecule has 0 unspecified atom stereocenters. The second-order valence-electron chi connectivity index (χ2n) is 4.09. The average molecular weight is 282 g/mol. The van der Waals surface area contributed by atoms with Crippen LogP contribution < -0.4 is 11.1 Å². The van der Waals surface area contributed by atoms with Crippen molar-refractivity contribution in [2.24, 2.45) is 5.73 Å². The minimum Gasteiger partial charge on any atom is -0.381 e. The average Bonchev–Trinajstić information content (AvgIpc) is 2.45. The van der Waals surface area contributed by atoms with Crippen LogP contribution in [0.4, 0.5) is 18.9 Å². The van der Waals surface area contributed by atoms with Crippen LogP contribution in [0.5, 0.6) is 0 Å². The van der Waals surface area contributed by atoms with Crippen molar-refractivity contribution in [1.82, 2.24) is 9.97 Å². The monoisotopic (exact) mass is 282 g/mol. The van der Waals surface area contributed by atoms with Crippen molar-refractivity contribution in [2.45, 2.75) is 6.18 Å². The molecule has 20 heavy (non-hydrogen) atoms. The third-order valence-electron chi connectivity index (χ3n) is 2.60. The van der Waals surface area contributed by atoms with Crippen LogP contribution in [0.25, 0.3) is 11.4 Å². The second-order valence-corrected chi connectivity index (χ2v) is 4.09. The summed E-state index contributed by atoms with van der Waals surface area (Å²) in [5, 5.41) is 3.00. The van der Waals surface area contributed by atoms with E-state index in [0.717, 1.165) is 12.1 Å². The molecule has 1 heterocycles. The number of aromatic nitrogens is 2. The van der Waals surface area contributed by atoms with Gasteiger partial charge in [0.15, 0.2) is 5.82 Å². The number of rotatable bonds is 4. The third kappa shape index (κ3) is 3.45. The van der Waals surface area contributed by atoms with Crippen LogP contribution >= 0.6 is 0 Å². The van der Waals surface area contributed by atoms with E-state index in [2.05, 4.69) is 15.3 Å². The van der Waals surface area contributed by atoms with Crippen LogP contribution in [0.15, 0.2) is 36.7 Å². The summed E-state index contributed by atoms with van der Waals surface area (Å²) >= 11 is 0. The summed E-state index contributed by atoms with van der Waals surface area (Å²) in [6.45, 7) is 1.09. The molecule has 0 spiro atoms. The summed E-state index contributed by atoms with van der Waals surface area (Å²) in [6.07, 6.45) is -1.21. The maximum Gasteiger partial charge on any atom is 0.416 e. The Morgan fingerprint density at radius 3 is 2.15 bits per heavy atom. The Balaban J connectivity index is 2.15. The van der Waals surface area contributed by atoms with Crippen LogP contribution in [-0.2, 0) is 6.18 Å². The first-order chi connectivity index (χ1) is 9.50. The molecular weight excluding hydrogens is 269 g/mol. The van der Waals surface area contributed by atoms with Gasteiger partial charge >= 0.3 is 6.18 Å². The smallest absolute Gasteiger partial charge is 0.381 e. The van der Waals surface area contributed by atoms with Gasteiger partial charge in [-0.1, -0.05) is 12.1 Å². The first-order valence-corrected chi connectivity index (χ1v) is 5.94. The van der Waals surface area contributed by atoms with Crippen molar-refractivity contribution in [3.63, 3.8) is 0 Å². The van der Waals surface area contributed by atoms with Crippen LogP contribution in [0.2, 0.25) is 0 Å². The predicted molar refractivity (Wildman–Crippen MR) is 70.0 cm³/mol. The summed E-state index contributed by atoms with van der Waals surface area (Å²) in [5.41, 5.74) is 5.90. The zero-order chi connectivity index (χ0) is 14.6. The molecule has 0 radical (unpaired) electrons. The van der Waals surface area contributed by atoms with Crippen LogP contribution in [0, 0.1) is 0 Å². The van der Waals surface area contributed by atoms with Crippen molar-refractivity contribution >= 4 is 5.69 Å². The summed E-state index contributed by atoms with van der Waals surface area (Å²) in [4.78, 5) is 8.20. The molecule has 0 saturated carbocycles. The second kappa shape index (κ2) is 5.87. The Kier molecular flexibility index (Phi) is 4.19. The van der Waals surface area contributed by atoms with Gasteiger partial charge in [0, 0.05) is 18.7 Å². The van der Waals surface area contributed by atoms with Gasteiger partial charge in [-0.25, -0.2) is 9.97 Å². The lowest BCUT2D eigenvalue weighted by Crippen LogP contribution is -2.13. The van der Waals surface area contributed by atoms with E-state index in [9.17, 15) is 13.2 Å². The van der Waals surface area contributed by atoms with Crippen LogP contribution in [0.1, 0.15) is 5.56 Å². The van der Waals surface area contributed by atoms with Crippen molar-refractivity contribution in [3.8, 4) is 11.4 Å². The predicted octanol–water partition coefficient (Wildman–Crippen LogP) is 2.53. The van der Waals surface area contributed by atoms with E-state index in [1.54, 1.807) is 12.4 Å². The number of hydrogen-bond acceptors (Lipinski definition) is 4. The number of alkyl halides is 3. The molecule has 0 aliphatic carbocycles. The van der Waals surface area contributed by atoms with E-state index in [1.807, 2.05) is 0 Å². The first kappa shape index (κ1) is 14.3. The molecule has 1 aromatic carbocycles. The Morgan fingerprint density at radius 2 is 1.65 bits per heavy atom. The van der Waals surface area contributed by atoms with Crippen molar-refractivity contribution in [1.29, 1.82) is 0 Å². The van der Waals surface area contributed by atoms with E-state index in [-0.39, 0.29) is 0 Å². The standard InChI is InChI=1S/C13H13F3N4/c14-13(15,16)10-3-1-9(2-4-10)12-19-7-11(8-20-12)18-6-5-17/h1-4,7-8,18H,5-6,17H2. The maximum absolute atomic E-state index is 12.4. The molecule has 0 atom stereocenters. The zero-order valence-corrected chi connectivity index (χ0v) is 10.5. The van der Waals surface area contributed by atoms with Gasteiger partial charge in [-0.3, -0.25) is 0 Å². The molecule has 0 saturated heterocycles. The van der Waals surface area contributed by atoms with E-state index < -0.39 is 11.7 Å². The lowest BCUT2D eigenvalue weighted by Gasteiger charge is -2.07. The molecule has 0 aliphatic heterocycles. The number of halogens is 3. The fourth-order valence-electron chi connectivity index (χ4n) is 1.59. The minimum atomic E-state index is -4.34. The molecule has 0 fully saturated rings. The van der Waals surface area contributed by atoms with Gasteiger partial charge in [-0.05, 0) is 12.1 Å². The highest BCUT2D eigenvalue weighted by atomic mass is 19.4. The van der Waals surface area contributed by atoms with E-state index >= 15 is 0 Å². The number of nitrogens with two attached hydrogens (primary N) is 1. The largest absolute Gasteiger partial charge is 0.416 e. The molecule has 0 aliphatic rings. The lowest BCUT2D eigenvalue weighted by atomic mass is 10.1. The van der Waals surface area contributed by atoms with Gasteiger partial charge in [-0.2, -0.15) is 13.2 Å². The maximum atomic E-state index is 12.4. The molecule has 2 aromatic rings. The number of benzene rings is 1. The normalized spacial score (nSPS) is 11.4. The summed E-state index contributed by atoms with van der Waals surface area (Å²) < 4.78 is 37.3. The first-order valence-electron chi connectivity index (χ1n) is 5.94. The van der Waals surface area contributed by atoms with Gasteiger partial charge in [0.25, 0.3) is 0 Å². The molecule has 0 bridgehead atoms. The molecule has 2 rings (SSSR count). The highest BCUT2D eigenvalue weighted by Crippen LogP contribution is 2.30. The molecule has 3 N–H and O–H groups in total. The topological polar surface area (TPSA) is 63.8 Å². The fraction of sp³-hybridized carbons (Fsp3) is 0.231. The molecule has 0 amide bonds. The Labute approximate surface area is 113 Å². The molecule has 1 aromatic heterocycles. The quantitative estimate of drug-likeness (QED) is 0.904. The molecule has 4 nitrogen and oxygen atoms in total. The Hall–Kier alpha value is -2.15. The van der Waals surface area contributed by atoms with Gasteiger partial charge in [0.1, 0.15) is 0 Å². The van der Waals surface area contributed by atoms with Gasteiger partial charge < -0.3 is 11.1 Å². The zero-order valence-electron chi connectivity index (χ0n) is 10.5. The summed E-state index contributed by atoms with van der Waals surface area (Å²) in [7, 11) is 0. The lowest BCUT2D eigenvalue weighted by molar-refractivity contribution is -0.137. The van der Waals surface area contributed by atoms with Crippen LogP contribution in [0.3, 0.4) is 0 Å². The van der Waals surface area contributed by atoms with Crippen molar-refractivity contribution < 1.29 is 13.2 Å². The minimum absolute atomic E-state index is 0.372. The van der Waals surface area contributed by atoms with Crippen molar-refractivity contribution in [3.05, 3.63) is 42.2 Å². The van der Waals surface area contributed by atoms with E-state index in [1.165, 1.54) is 12.1 Å². The number of hydrogen-bond donors (Lipinski definition) is 2. The summed E-state index contributed by atoms with van der Waals surface area (Å²) in [6, 6.07) is 4.73. The highest BCUT2D eigenvalue weighted by molar-refractivity contribution is 5.56.